The number of carbonyl (C=O) groups excluding carboxylic acids is 2. The van der Waals surface area contributed by atoms with Crippen LogP contribution in [-0.2, 0) is 23.8 Å². The Bertz CT molecular complexity index is 1050. The number of rotatable bonds is 3. The van der Waals surface area contributed by atoms with Crippen LogP contribution in [0.4, 0.5) is 8.78 Å². The minimum absolute atomic E-state index is 0.0370. The lowest BCUT2D eigenvalue weighted by molar-refractivity contribution is -0.206. The van der Waals surface area contributed by atoms with E-state index in [4.69, 9.17) is 26.4 Å². The molecule has 7 nitrogen and oxygen atoms in total. The Kier molecular flexibility index (Phi) is 5.79. The van der Waals surface area contributed by atoms with Crippen molar-refractivity contribution in [1.82, 2.24) is 0 Å². The summed E-state index contributed by atoms with van der Waals surface area (Å²) in [4.78, 5) is 24.9. The molecule has 192 valence electrons. The molecule has 4 aliphatic carbocycles. The quantitative estimate of drug-likeness (QED) is 0.437. The molecule has 1 aliphatic heterocycles. The van der Waals surface area contributed by atoms with Crippen LogP contribution in [-0.4, -0.2) is 58.2 Å². The van der Waals surface area contributed by atoms with Crippen molar-refractivity contribution in [2.75, 3.05) is 13.2 Å². The standard InChI is InChI=1S/C25H30F2O7S/c1-11-8-14-13-5-4-12-9-15(28)18(26)19(27)24(12,3)17(13)16(29)10-23(14,2)25(11,22(31)35)34-20(30)21-32-6-7-33-21/h9,11,13-14,16-17,21,29H,4-8,10H2,1-3H3,(H,31,35)/t11-,13+,14+,16+,17-,23+,24+,25+/m1/s1. The third-order valence-electron chi connectivity index (χ3n) is 9.64. The molecular weight excluding hydrogens is 482 g/mol. The second-order valence-electron chi connectivity index (χ2n) is 11.1. The predicted octanol–water partition coefficient (Wildman–Crippen LogP) is 3.65. The Hall–Kier alpha value is -1.75. The highest BCUT2D eigenvalue weighted by atomic mass is 32.1. The highest BCUT2D eigenvalue weighted by Gasteiger charge is 2.73. The SMILES string of the molecule is C[C@@H]1C[C@H]2[C@@H]3CCC4=CC(=O)C(F)=C(F)[C@]4(C)[C@H]3[C@@H](O)C[C@]2(C)[C@@]1(OC(=O)C1OCCO1)C(O)=S. The van der Waals surface area contributed by atoms with Gasteiger partial charge in [0.1, 0.15) is 5.83 Å². The summed E-state index contributed by atoms with van der Waals surface area (Å²) in [6, 6.07) is 0. The molecule has 5 aliphatic rings. The molecule has 2 N–H and O–H groups in total. The molecule has 0 aromatic carbocycles. The monoisotopic (exact) mass is 512 g/mol. The van der Waals surface area contributed by atoms with Crippen molar-refractivity contribution in [2.24, 2.45) is 34.5 Å². The largest absolute Gasteiger partial charge is 0.499 e. The molecule has 4 fully saturated rings. The van der Waals surface area contributed by atoms with Gasteiger partial charge in [-0.05, 0) is 62.7 Å². The summed E-state index contributed by atoms with van der Waals surface area (Å²) in [7, 11) is 0. The van der Waals surface area contributed by atoms with Gasteiger partial charge in [-0.25, -0.2) is 9.18 Å². The molecule has 0 amide bonds. The van der Waals surface area contributed by atoms with Crippen LogP contribution in [0.1, 0.15) is 46.5 Å². The van der Waals surface area contributed by atoms with E-state index in [1.807, 2.05) is 13.8 Å². The summed E-state index contributed by atoms with van der Waals surface area (Å²) < 4.78 is 46.4. The second kappa shape index (κ2) is 8.13. The number of ketones is 1. The normalized spacial score (nSPS) is 45.5. The number of aliphatic hydroxyl groups excluding tert-OH is 2. The van der Waals surface area contributed by atoms with Crippen LogP contribution in [0.2, 0.25) is 0 Å². The van der Waals surface area contributed by atoms with Crippen molar-refractivity contribution in [1.29, 1.82) is 0 Å². The summed E-state index contributed by atoms with van der Waals surface area (Å²) in [5.74, 6) is -5.93. The molecule has 10 heteroatoms. The predicted molar refractivity (Wildman–Crippen MR) is 122 cm³/mol. The Morgan fingerprint density at radius 3 is 2.54 bits per heavy atom. The molecular formula is C25H30F2O7S. The van der Waals surface area contributed by atoms with E-state index in [1.165, 1.54) is 6.08 Å². The maximum atomic E-state index is 15.4. The van der Waals surface area contributed by atoms with E-state index < -0.39 is 69.1 Å². The zero-order valence-electron chi connectivity index (χ0n) is 19.9. The fourth-order valence-electron chi connectivity index (χ4n) is 8.17. The molecule has 0 radical (unpaired) electrons. The van der Waals surface area contributed by atoms with Crippen molar-refractivity contribution in [3.63, 3.8) is 0 Å². The van der Waals surface area contributed by atoms with Crippen LogP contribution in [0.5, 0.6) is 0 Å². The first-order valence-electron chi connectivity index (χ1n) is 12.1. The molecule has 0 unspecified atom stereocenters. The Morgan fingerprint density at radius 2 is 1.91 bits per heavy atom. The van der Waals surface area contributed by atoms with Gasteiger partial charge in [-0.15, -0.1) is 0 Å². The van der Waals surface area contributed by atoms with Gasteiger partial charge in [-0.1, -0.05) is 19.4 Å². The Labute approximate surface area is 207 Å². The number of carbonyl (C=O) groups is 2. The van der Waals surface area contributed by atoms with Gasteiger partial charge in [-0.3, -0.25) is 4.79 Å². The summed E-state index contributed by atoms with van der Waals surface area (Å²) in [5, 5.41) is 21.8. The second-order valence-corrected chi connectivity index (χ2v) is 11.4. The van der Waals surface area contributed by atoms with Gasteiger partial charge in [-0.2, -0.15) is 4.39 Å². The minimum atomic E-state index is -1.59. The molecule has 0 bridgehead atoms. The lowest BCUT2D eigenvalue weighted by Gasteiger charge is -2.60. The number of hydrogen-bond donors (Lipinski definition) is 2. The molecule has 8 atom stereocenters. The first-order valence-corrected chi connectivity index (χ1v) is 12.5. The average molecular weight is 513 g/mol. The van der Waals surface area contributed by atoms with E-state index in [-0.39, 0.29) is 31.5 Å². The molecule has 3 saturated carbocycles. The zero-order chi connectivity index (χ0) is 25.5. The number of fused-ring (bicyclic) bond motifs is 5. The number of thiocarbonyl (C=S) groups is 1. The van der Waals surface area contributed by atoms with E-state index >= 15 is 4.39 Å². The van der Waals surface area contributed by atoms with Crippen LogP contribution in [0.15, 0.2) is 23.3 Å². The lowest BCUT2D eigenvalue weighted by Crippen LogP contribution is -2.64. The molecule has 0 aromatic heterocycles. The number of ether oxygens (including phenoxy) is 3. The van der Waals surface area contributed by atoms with Gasteiger partial charge in [0, 0.05) is 22.7 Å². The molecule has 0 spiro atoms. The number of hydrogen-bond acceptors (Lipinski definition) is 7. The van der Waals surface area contributed by atoms with Gasteiger partial charge >= 0.3 is 5.97 Å². The average Bonchev–Trinajstić information content (AvgIpc) is 3.40. The van der Waals surface area contributed by atoms with Crippen LogP contribution in [0.25, 0.3) is 0 Å². The lowest BCUT2D eigenvalue weighted by atomic mass is 9.46. The van der Waals surface area contributed by atoms with Crippen LogP contribution >= 0.6 is 12.2 Å². The van der Waals surface area contributed by atoms with Gasteiger partial charge < -0.3 is 24.4 Å². The van der Waals surface area contributed by atoms with Crippen LogP contribution in [0.3, 0.4) is 0 Å². The molecule has 5 rings (SSSR count). The molecule has 1 saturated heterocycles. The van der Waals surface area contributed by atoms with Gasteiger partial charge in [0.05, 0.1) is 19.3 Å². The minimum Gasteiger partial charge on any atom is -0.499 e. The maximum Gasteiger partial charge on any atom is 0.364 e. The smallest absolute Gasteiger partial charge is 0.364 e. The number of aliphatic hydroxyl groups is 2. The number of allylic oxidation sites excluding steroid dienone is 4. The zero-order valence-corrected chi connectivity index (χ0v) is 20.7. The van der Waals surface area contributed by atoms with E-state index in [2.05, 4.69) is 0 Å². The third kappa shape index (κ3) is 3.12. The van der Waals surface area contributed by atoms with E-state index in [1.54, 1.807) is 6.92 Å². The molecule has 1 heterocycles. The third-order valence-corrected chi connectivity index (χ3v) is 9.94. The highest BCUT2D eigenvalue weighted by molar-refractivity contribution is 7.80. The van der Waals surface area contributed by atoms with Crippen LogP contribution < -0.4 is 0 Å². The Morgan fingerprint density at radius 1 is 1.26 bits per heavy atom. The fourth-order valence-corrected chi connectivity index (χ4v) is 8.64. The summed E-state index contributed by atoms with van der Waals surface area (Å²) in [6.07, 6.45) is 0.261. The van der Waals surface area contributed by atoms with Gasteiger partial charge in [0.25, 0.3) is 6.29 Å². The van der Waals surface area contributed by atoms with Crippen molar-refractivity contribution in [3.8, 4) is 0 Å². The summed E-state index contributed by atoms with van der Waals surface area (Å²) in [6.45, 7) is 5.69. The number of esters is 1. The first-order chi connectivity index (χ1) is 16.4. The van der Waals surface area contributed by atoms with Crippen molar-refractivity contribution >= 4 is 29.0 Å². The van der Waals surface area contributed by atoms with Gasteiger partial charge in [0.15, 0.2) is 5.60 Å². The van der Waals surface area contributed by atoms with E-state index in [0.717, 1.165) is 0 Å². The summed E-state index contributed by atoms with van der Waals surface area (Å²) in [5.41, 5.74) is -3.53. The van der Waals surface area contributed by atoms with Crippen LogP contribution in [0, 0.1) is 34.5 Å². The maximum absolute atomic E-state index is 15.4. The first kappa shape index (κ1) is 24.9. The number of halogens is 2. The van der Waals surface area contributed by atoms with E-state index in [9.17, 15) is 24.2 Å². The topological polar surface area (TPSA) is 102 Å². The molecule has 35 heavy (non-hydrogen) atoms. The highest BCUT2D eigenvalue weighted by Crippen LogP contribution is 2.70. The Balaban J connectivity index is 1.56. The van der Waals surface area contributed by atoms with Crippen molar-refractivity contribution in [3.05, 3.63) is 23.3 Å². The van der Waals surface area contributed by atoms with Crippen molar-refractivity contribution < 1.29 is 42.8 Å². The molecule has 0 aromatic rings. The van der Waals surface area contributed by atoms with Crippen molar-refractivity contribution in [2.45, 2.75) is 64.4 Å². The van der Waals surface area contributed by atoms with Gasteiger partial charge in [0.2, 0.25) is 16.7 Å². The van der Waals surface area contributed by atoms with E-state index in [0.29, 0.717) is 24.8 Å². The fraction of sp³-hybridized carbons (Fsp3) is 0.720. The summed E-state index contributed by atoms with van der Waals surface area (Å²) >= 11 is 5.28.